The van der Waals surface area contributed by atoms with Gasteiger partial charge in [-0.1, -0.05) is 27.7 Å². The third-order valence-corrected chi connectivity index (χ3v) is 2.91. The van der Waals surface area contributed by atoms with Crippen molar-refractivity contribution in [2.24, 2.45) is 11.7 Å². The van der Waals surface area contributed by atoms with Gasteiger partial charge in [-0.2, -0.15) is 0 Å². The van der Waals surface area contributed by atoms with Crippen molar-refractivity contribution in [1.82, 2.24) is 10.2 Å². The minimum absolute atomic E-state index is 0. The van der Waals surface area contributed by atoms with Crippen LogP contribution in [-0.4, -0.2) is 43.0 Å². The zero-order chi connectivity index (χ0) is 13.3. The lowest BCUT2D eigenvalue weighted by Crippen LogP contribution is -2.42. The average Bonchev–Trinajstić information content (AvgIpc) is 2.28. The molecule has 0 heterocycles. The Morgan fingerprint density at radius 1 is 1.21 bits per heavy atom. The third-order valence-electron chi connectivity index (χ3n) is 2.91. The minimum Gasteiger partial charge on any atom is -0.355 e. The van der Waals surface area contributed by atoms with Gasteiger partial charge in [0.2, 0.25) is 5.91 Å². The molecule has 0 bridgehead atoms. The van der Waals surface area contributed by atoms with Crippen molar-refractivity contribution in [3.8, 4) is 0 Å². The Morgan fingerprint density at radius 3 is 2.16 bits per heavy atom. The van der Waals surface area contributed by atoms with Crippen molar-refractivity contribution in [2.45, 2.75) is 46.6 Å². The summed E-state index contributed by atoms with van der Waals surface area (Å²) in [6.07, 6.45) is 1.74. The molecule has 0 rings (SSSR count). The van der Waals surface area contributed by atoms with Crippen molar-refractivity contribution < 1.29 is 4.79 Å². The summed E-state index contributed by atoms with van der Waals surface area (Å²) in [5, 5.41) is 2.90. The first kappa shape index (κ1) is 24.0. The number of rotatable bonds is 9. The average molecular weight is 316 g/mol. The van der Waals surface area contributed by atoms with Gasteiger partial charge in [-0.25, -0.2) is 0 Å². The normalized spacial score (nSPS) is 11.7. The van der Waals surface area contributed by atoms with Crippen molar-refractivity contribution in [1.29, 1.82) is 0 Å². The Morgan fingerprint density at radius 2 is 1.74 bits per heavy atom. The molecule has 0 radical (unpaired) electrons. The molecular formula is C13H31Cl2N3O. The molecule has 0 saturated heterocycles. The van der Waals surface area contributed by atoms with Crippen LogP contribution in [-0.2, 0) is 4.79 Å². The highest BCUT2D eigenvalue weighted by Crippen LogP contribution is 2.02. The first-order valence-electron chi connectivity index (χ1n) is 6.76. The van der Waals surface area contributed by atoms with Gasteiger partial charge in [0.05, 0.1) is 6.04 Å². The lowest BCUT2D eigenvalue weighted by atomic mass is 10.0. The fraction of sp³-hybridized carbons (Fsp3) is 0.923. The largest absolute Gasteiger partial charge is 0.355 e. The van der Waals surface area contributed by atoms with E-state index in [0.29, 0.717) is 5.92 Å². The van der Waals surface area contributed by atoms with Gasteiger partial charge in [0.15, 0.2) is 0 Å². The summed E-state index contributed by atoms with van der Waals surface area (Å²) in [4.78, 5) is 14.0. The minimum atomic E-state index is -0.358. The molecule has 0 aliphatic rings. The second-order valence-electron chi connectivity index (χ2n) is 4.91. The Hall–Kier alpha value is -0.0300. The summed E-state index contributed by atoms with van der Waals surface area (Å²) >= 11 is 0. The van der Waals surface area contributed by atoms with Crippen LogP contribution in [0.25, 0.3) is 0 Å². The molecule has 118 valence electrons. The van der Waals surface area contributed by atoms with Gasteiger partial charge in [-0.05, 0) is 38.4 Å². The van der Waals surface area contributed by atoms with Crippen LogP contribution >= 0.6 is 24.8 Å². The van der Waals surface area contributed by atoms with E-state index >= 15 is 0 Å². The van der Waals surface area contributed by atoms with E-state index in [1.165, 1.54) is 0 Å². The van der Waals surface area contributed by atoms with Gasteiger partial charge in [0.25, 0.3) is 0 Å². The summed E-state index contributed by atoms with van der Waals surface area (Å²) in [6.45, 7) is 12.4. The monoisotopic (exact) mass is 315 g/mol. The van der Waals surface area contributed by atoms with Crippen molar-refractivity contribution >= 4 is 30.7 Å². The number of halogens is 2. The fourth-order valence-corrected chi connectivity index (χ4v) is 1.80. The molecule has 0 unspecified atom stereocenters. The molecule has 0 spiro atoms. The maximum absolute atomic E-state index is 11.6. The molecule has 0 aliphatic carbocycles. The number of amides is 1. The van der Waals surface area contributed by atoms with Crippen LogP contribution in [0.4, 0.5) is 0 Å². The van der Waals surface area contributed by atoms with E-state index in [2.05, 4.69) is 37.9 Å². The van der Waals surface area contributed by atoms with E-state index in [-0.39, 0.29) is 36.8 Å². The van der Waals surface area contributed by atoms with Crippen LogP contribution in [0.3, 0.4) is 0 Å². The fourth-order valence-electron chi connectivity index (χ4n) is 1.80. The number of nitrogens with zero attached hydrogens (tertiary/aromatic N) is 1. The van der Waals surface area contributed by atoms with Crippen LogP contribution < -0.4 is 11.1 Å². The molecule has 0 aliphatic heterocycles. The van der Waals surface area contributed by atoms with Gasteiger partial charge in [0, 0.05) is 6.54 Å². The van der Waals surface area contributed by atoms with E-state index in [0.717, 1.165) is 39.0 Å². The Balaban J connectivity index is -0.00000128. The van der Waals surface area contributed by atoms with E-state index < -0.39 is 0 Å². The second-order valence-corrected chi connectivity index (χ2v) is 4.91. The maximum Gasteiger partial charge on any atom is 0.236 e. The van der Waals surface area contributed by atoms with Crippen molar-refractivity contribution in [3.05, 3.63) is 0 Å². The molecule has 0 aromatic carbocycles. The highest BCUT2D eigenvalue weighted by Gasteiger charge is 2.13. The molecule has 3 N–H and O–H groups in total. The molecule has 0 saturated carbocycles. The van der Waals surface area contributed by atoms with Gasteiger partial charge >= 0.3 is 0 Å². The standard InChI is InChI=1S/C13H29N3O.2ClH/c1-5-16(6-2)9-7-8-15-13(17)12(14)10-11(3)4;;/h11-12H,5-10,14H2,1-4H3,(H,15,17);2*1H/t12-;;/m0../s1. The van der Waals surface area contributed by atoms with Gasteiger partial charge in [-0.3, -0.25) is 4.79 Å². The lowest BCUT2D eigenvalue weighted by Gasteiger charge is -2.18. The highest BCUT2D eigenvalue weighted by molar-refractivity contribution is 5.85. The number of nitrogens with one attached hydrogen (secondary N) is 1. The van der Waals surface area contributed by atoms with E-state index in [9.17, 15) is 4.79 Å². The van der Waals surface area contributed by atoms with E-state index in [1.807, 2.05) is 0 Å². The zero-order valence-corrected chi connectivity index (χ0v) is 14.3. The molecule has 0 fully saturated rings. The number of carbonyl (C=O) groups is 1. The summed E-state index contributed by atoms with van der Waals surface area (Å²) in [6, 6.07) is -0.358. The number of hydrogen-bond acceptors (Lipinski definition) is 3. The van der Waals surface area contributed by atoms with E-state index in [4.69, 9.17) is 5.73 Å². The number of nitrogens with two attached hydrogens (primary N) is 1. The SMILES string of the molecule is CCN(CC)CCCNC(=O)[C@@H](N)CC(C)C.Cl.Cl. The predicted octanol–water partition coefficient (Wildman–Crippen LogP) is 2.05. The van der Waals surface area contributed by atoms with Crippen LogP contribution in [0.5, 0.6) is 0 Å². The molecule has 0 aromatic heterocycles. The predicted molar refractivity (Wildman–Crippen MR) is 87.3 cm³/mol. The third kappa shape index (κ3) is 12.7. The quantitative estimate of drug-likeness (QED) is 0.640. The van der Waals surface area contributed by atoms with Crippen molar-refractivity contribution in [3.63, 3.8) is 0 Å². The first-order valence-corrected chi connectivity index (χ1v) is 6.76. The van der Waals surface area contributed by atoms with Crippen LogP contribution in [0.1, 0.15) is 40.5 Å². The first-order chi connectivity index (χ1) is 8.01. The maximum atomic E-state index is 11.6. The van der Waals surface area contributed by atoms with Gasteiger partial charge < -0.3 is 16.0 Å². The summed E-state index contributed by atoms with van der Waals surface area (Å²) in [5.74, 6) is 0.449. The molecule has 1 amide bonds. The van der Waals surface area contributed by atoms with E-state index in [1.54, 1.807) is 0 Å². The summed E-state index contributed by atoms with van der Waals surface area (Å²) in [5.41, 5.74) is 5.79. The van der Waals surface area contributed by atoms with Gasteiger partial charge in [-0.15, -0.1) is 24.8 Å². The Labute approximate surface area is 130 Å². The number of hydrogen-bond donors (Lipinski definition) is 2. The molecular weight excluding hydrogens is 285 g/mol. The Bertz CT molecular complexity index is 212. The van der Waals surface area contributed by atoms with Crippen molar-refractivity contribution in [2.75, 3.05) is 26.2 Å². The molecule has 19 heavy (non-hydrogen) atoms. The highest BCUT2D eigenvalue weighted by atomic mass is 35.5. The van der Waals surface area contributed by atoms with Crippen LogP contribution in [0.15, 0.2) is 0 Å². The Kier molecular flexibility index (Phi) is 18.2. The second kappa shape index (κ2) is 14.4. The zero-order valence-electron chi connectivity index (χ0n) is 12.6. The summed E-state index contributed by atoms with van der Waals surface area (Å²) in [7, 11) is 0. The van der Waals surface area contributed by atoms with Crippen LogP contribution in [0, 0.1) is 5.92 Å². The van der Waals surface area contributed by atoms with Gasteiger partial charge in [0.1, 0.15) is 0 Å². The molecule has 6 heteroatoms. The topological polar surface area (TPSA) is 58.4 Å². The summed E-state index contributed by atoms with van der Waals surface area (Å²) < 4.78 is 0. The molecule has 1 atom stereocenters. The lowest BCUT2D eigenvalue weighted by molar-refractivity contribution is -0.122. The molecule has 4 nitrogen and oxygen atoms in total. The van der Waals surface area contributed by atoms with Crippen LogP contribution in [0.2, 0.25) is 0 Å². The smallest absolute Gasteiger partial charge is 0.236 e. The number of carbonyl (C=O) groups excluding carboxylic acids is 1. The molecule has 0 aromatic rings.